The van der Waals surface area contributed by atoms with E-state index in [2.05, 4.69) is 34.2 Å². The number of hydrogen-bond donors (Lipinski definition) is 0. The highest BCUT2D eigenvalue weighted by molar-refractivity contribution is 5.89. The minimum Gasteiger partial charge on any atom is -0.299 e. The molecule has 150 valence electrons. The molecule has 0 spiro atoms. The Morgan fingerprint density at radius 2 is 1.73 bits per heavy atom. The van der Waals surface area contributed by atoms with Crippen LogP contribution in [-0.2, 0) is 11.2 Å². The molecule has 3 nitrogen and oxygen atoms in total. The van der Waals surface area contributed by atoms with Crippen LogP contribution in [0, 0.1) is 11.7 Å². The summed E-state index contributed by atoms with van der Waals surface area (Å²) in [4.78, 5) is 20.9. The Balaban J connectivity index is 0.00000218. The molecule has 2 atom stereocenters. The van der Waals surface area contributed by atoms with Gasteiger partial charge in [0.25, 0.3) is 0 Å². The fourth-order valence-electron chi connectivity index (χ4n) is 4.01. The highest BCUT2D eigenvalue weighted by Crippen LogP contribution is 2.48. The summed E-state index contributed by atoms with van der Waals surface area (Å²) in [5, 5.41) is 1.27. The third kappa shape index (κ3) is 3.73. The van der Waals surface area contributed by atoms with Crippen molar-refractivity contribution in [2.24, 2.45) is 5.92 Å². The van der Waals surface area contributed by atoms with Crippen LogP contribution in [0.3, 0.4) is 0 Å². The SMILES string of the molecule is C.O=C(Cc1ccc2cnccc2c1F)[C@@H]1C[C@H]1c1ccc(-c2cccnc2)cc1. The van der Waals surface area contributed by atoms with Crippen LogP contribution >= 0.6 is 0 Å². The van der Waals surface area contributed by atoms with Crippen molar-refractivity contribution in [2.75, 3.05) is 0 Å². The third-order valence-electron chi connectivity index (χ3n) is 5.74. The van der Waals surface area contributed by atoms with Crippen molar-refractivity contribution in [1.29, 1.82) is 0 Å². The van der Waals surface area contributed by atoms with Crippen molar-refractivity contribution in [2.45, 2.75) is 26.2 Å². The molecule has 1 aliphatic rings. The molecule has 0 amide bonds. The van der Waals surface area contributed by atoms with E-state index in [1.165, 1.54) is 5.56 Å². The van der Waals surface area contributed by atoms with E-state index in [0.717, 1.165) is 22.9 Å². The molecule has 0 radical (unpaired) electrons. The first-order valence-electron chi connectivity index (χ1n) is 9.75. The molecule has 1 fully saturated rings. The maximum atomic E-state index is 14.8. The summed E-state index contributed by atoms with van der Waals surface area (Å²) < 4.78 is 14.8. The number of benzene rings is 2. The Bertz CT molecular complexity index is 1190. The number of halogens is 1. The molecule has 4 aromatic rings. The van der Waals surface area contributed by atoms with Crippen LogP contribution in [0.5, 0.6) is 0 Å². The molecule has 2 aromatic carbocycles. The number of pyridine rings is 2. The van der Waals surface area contributed by atoms with Gasteiger partial charge in [-0.3, -0.25) is 14.8 Å². The predicted octanol–water partition coefficient (Wildman–Crippen LogP) is 5.99. The van der Waals surface area contributed by atoms with Gasteiger partial charge in [0.1, 0.15) is 11.6 Å². The van der Waals surface area contributed by atoms with Crippen LogP contribution in [0.15, 0.2) is 79.4 Å². The molecule has 0 aliphatic heterocycles. The van der Waals surface area contributed by atoms with Crippen LogP contribution in [-0.4, -0.2) is 15.8 Å². The summed E-state index contributed by atoms with van der Waals surface area (Å²) in [5.74, 6) is 0.0138. The van der Waals surface area contributed by atoms with Gasteiger partial charge in [0.05, 0.1) is 0 Å². The molecule has 0 bridgehead atoms. The van der Waals surface area contributed by atoms with Gasteiger partial charge < -0.3 is 0 Å². The lowest BCUT2D eigenvalue weighted by Gasteiger charge is -2.07. The van der Waals surface area contributed by atoms with E-state index in [4.69, 9.17) is 0 Å². The van der Waals surface area contributed by atoms with E-state index in [-0.39, 0.29) is 37.3 Å². The third-order valence-corrected chi connectivity index (χ3v) is 5.74. The lowest BCUT2D eigenvalue weighted by molar-refractivity contribution is -0.119. The highest BCUT2D eigenvalue weighted by atomic mass is 19.1. The summed E-state index contributed by atoms with van der Waals surface area (Å²) in [6.07, 6.45) is 7.78. The van der Waals surface area contributed by atoms with Crippen LogP contribution in [0.1, 0.15) is 30.9 Å². The average Bonchev–Trinajstić information content (AvgIpc) is 3.58. The lowest BCUT2D eigenvalue weighted by atomic mass is 9.99. The monoisotopic (exact) mass is 398 g/mol. The van der Waals surface area contributed by atoms with E-state index in [1.54, 1.807) is 30.7 Å². The fourth-order valence-corrected chi connectivity index (χ4v) is 4.01. The second-order valence-corrected chi connectivity index (χ2v) is 7.59. The maximum absolute atomic E-state index is 14.8. The van der Waals surface area contributed by atoms with E-state index < -0.39 is 0 Å². The Kier molecular flexibility index (Phi) is 5.40. The summed E-state index contributed by atoms with van der Waals surface area (Å²) in [6, 6.07) is 17.5. The number of fused-ring (bicyclic) bond motifs is 1. The summed E-state index contributed by atoms with van der Waals surface area (Å²) in [6.45, 7) is 0. The van der Waals surface area contributed by atoms with Gasteiger partial charge in [-0.05, 0) is 46.7 Å². The van der Waals surface area contributed by atoms with Gasteiger partial charge in [0, 0.05) is 47.9 Å². The molecular weight excluding hydrogens is 375 g/mol. The van der Waals surface area contributed by atoms with Gasteiger partial charge in [-0.25, -0.2) is 4.39 Å². The van der Waals surface area contributed by atoms with Crippen molar-refractivity contribution < 1.29 is 9.18 Å². The van der Waals surface area contributed by atoms with Gasteiger partial charge in [-0.1, -0.05) is 49.9 Å². The smallest absolute Gasteiger partial charge is 0.141 e. The predicted molar refractivity (Wildman–Crippen MR) is 118 cm³/mol. The fraction of sp³-hybridized carbons (Fsp3) is 0.192. The van der Waals surface area contributed by atoms with Crippen LogP contribution < -0.4 is 0 Å². The molecule has 1 aliphatic carbocycles. The first-order valence-corrected chi connectivity index (χ1v) is 9.75. The number of hydrogen-bond acceptors (Lipinski definition) is 3. The number of aromatic nitrogens is 2. The molecule has 0 N–H and O–H groups in total. The number of ketones is 1. The molecule has 0 saturated heterocycles. The minimum absolute atomic E-state index is 0. The lowest BCUT2D eigenvalue weighted by Crippen LogP contribution is -2.08. The van der Waals surface area contributed by atoms with Crippen molar-refractivity contribution in [3.8, 4) is 11.1 Å². The highest BCUT2D eigenvalue weighted by Gasteiger charge is 2.43. The van der Waals surface area contributed by atoms with E-state index >= 15 is 0 Å². The standard InChI is InChI=1S/C25H19FN2O.CH4/c26-25-18(7-8-20-15-28-11-9-21(20)25)12-24(29)23-13-22(23)17-5-3-16(4-6-17)19-2-1-10-27-14-19;/h1-11,14-15,22-23H,12-13H2;1H4/t22-,23+;/m0./s1. The van der Waals surface area contributed by atoms with Crippen LogP contribution in [0.4, 0.5) is 4.39 Å². The van der Waals surface area contributed by atoms with Crippen LogP contribution in [0.2, 0.25) is 0 Å². The number of nitrogens with zero attached hydrogens (tertiary/aromatic N) is 2. The Hall–Kier alpha value is -3.40. The van der Waals surface area contributed by atoms with Crippen molar-refractivity contribution in [1.82, 2.24) is 9.97 Å². The van der Waals surface area contributed by atoms with E-state index in [1.807, 2.05) is 24.4 Å². The topological polar surface area (TPSA) is 42.9 Å². The van der Waals surface area contributed by atoms with Crippen molar-refractivity contribution in [3.63, 3.8) is 0 Å². The Morgan fingerprint density at radius 1 is 0.933 bits per heavy atom. The molecule has 5 rings (SSSR count). The second kappa shape index (κ2) is 8.15. The van der Waals surface area contributed by atoms with Crippen molar-refractivity contribution in [3.05, 3.63) is 96.3 Å². The summed E-state index contributed by atoms with van der Waals surface area (Å²) in [5.41, 5.74) is 3.81. The maximum Gasteiger partial charge on any atom is 0.141 e. The minimum atomic E-state index is -0.309. The molecule has 30 heavy (non-hydrogen) atoms. The number of rotatable bonds is 5. The zero-order chi connectivity index (χ0) is 19.8. The molecule has 4 heteroatoms. The normalized spacial score (nSPS) is 17.4. The first-order chi connectivity index (χ1) is 14.2. The van der Waals surface area contributed by atoms with Gasteiger partial charge in [-0.15, -0.1) is 0 Å². The molecule has 0 unspecified atom stereocenters. The van der Waals surface area contributed by atoms with Gasteiger partial charge >= 0.3 is 0 Å². The number of carbonyl (C=O) groups is 1. The first kappa shape index (κ1) is 19.9. The van der Waals surface area contributed by atoms with Gasteiger partial charge in [0.2, 0.25) is 0 Å². The van der Waals surface area contributed by atoms with E-state index in [0.29, 0.717) is 10.9 Å². The number of Topliss-reactive ketones (excluding diaryl/α,β-unsaturated/α-hetero) is 1. The largest absolute Gasteiger partial charge is 0.299 e. The Morgan fingerprint density at radius 3 is 2.50 bits per heavy atom. The zero-order valence-electron chi connectivity index (χ0n) is 15.8. The zero-order valence-corrected chi connectivity index (χ0v) is 15.8. The average molecular weight is 398 g/mol. The molecule has 1 saturated carbocycles. The van der Waals surface area contributed by atoms with Crippen molar-refractivity contribution >= 4 is 16.6 Å². The Labute approximate surface area is 175 Å². The van der Waals surface area contributed by atoms with Gasteiger partial charge in [0.15, 0.2) is 0 Å². The second-order valence-electron chi connectivity index (χ2n) is 7.59. The molecule has 2 heterocycles. The summed E-state index contributed by atoms with van der Waals surface area (Å²) in [7, 11) is 0. The molecular formula is C26H23FN2O. The summed E-state index contributed by atoms with van der Waals surface area (Å²) >= 11 is 0. The quantitative estimate of drug-likeness (QED) is 0.415. The van der Waals surface area contributed by atoms with Crippen LogP contribution in [0.25, 0.3) is 21.9 Å². The molecule has 2 aromatic heterocycles. The number of carbonyl (C=O) groups excluding carboxylic acids is 1. The van der Waals surface area contributed by atoms with E-state index in [9.17, 15) is 9.18 Å². The van der Waals surface area contributed by atoms with Gasteiger partial charge in [-0.2, -0.15) is 0 Å².